The maximum Gasteiger partial charge on any atom is 0.210 e. The van der Waals surface area contributed by atoms with Gasteiger partial charge in [0.2, 0.25) is 5.13 Å². The fraction of sp³-hybridized carbons (Fsp3) is 0.0323. The summed E-state index contributed by atoms with van der Waals surface area (Å²) in [5, 5.41) is 4.43. The van der Waals surface area contributed by atoms with Crippen LogP contribution in [0.1, 0.15) is 0 Å². The summed E-state index contributed by atoms with van der Waals surface area (Å²) >= 11 is 1.51. The van der Waals surface area contributed by atoms with Crippen molar-refractivity contribution < 1.29 is 13.9 Å². The molecule has 6 aromatic rings. The van der Waals surface area contributed by atoms with Gasteiger partial charge in [-0.2, -0.15) is 0 Å². The summed E-state index contributed by atoms with van der Waals surface area (Å²) in [5.41, 5.74) is 3.58. The maximum atomic E-state index is 6.20. The lowest BCUT2D eigenvalue weighted by molar-refractivity contribution is 0.415. The molecule has 6 rings (SSSR count). The maximum absolute atomic E-state index is 6.20. The molecule has 5 nitrogen and oxygen atoms in total. The molecular formula is C31H22N2O3S. The standard InChI is InChI=1S/C31H22N2O3S/c1-34-23-15-13-22(14-16-23)30-19-27(26-9-5-6-10-29(26)36-30)32-31-33-28(20-37-31)21-11-17-25(18-12-21)35-24-7-3-2-4-8-24/h2-20H,1H3/b32-27+. The summed E-state index contributed by atoms with van der Waals surface area (Å²) in [6, 6.07) is 35.3. The predicted octanol–water partition coefficient (Wildman–Crippen LogP) is 8.26. The molecule has 0 aliphatic carbocycles. The Morgan fingerprint density at radius 1 is 0.730 bits per heavy atom. The molecule has 0 unspecified atom stereocenters. The van der Waals surface area contributed by atoms with Gasteiger partial charge in [-0.15, -0.1) is 11.3 Å². The highest BCUT2D eigenvalue weighted by atomic mass is 32.1. The number of fused-ring (bicyclic) bond motifs is 1. The highest BCUT2D eigenvalue weighted by molar-refractivity contribution is 7.13. The molecule has 0 aliphatic rings. The zero-order valence-corrected chi connectivity index (χ0v) is 20.8. The van der Waals surface area contributed by atoms with E-state index >= 15 is 0 Å². The number of benzene rings is 4. The van der Waals surface area contributed by atoms with E-state index < -0.39 is 0 Å². The first kappa shape index (κ1) is 22.8. The van der Waals surface area contributed by atoms with Gasteiger partial charge in [0, 0.05) is 28.0 Å². The SMILES string of the molecule is COc1ccc(-c2c/c(=N\c3nc(-c4ccc(Oc5ccccc5)cc4)cs3)c3ccccc3o2)cc1. The fourth-order valence-corrected chi connectivity index (χ4v) is 4.68. The first-order valence-electron chi connectivity index (χ1n) is 11.8. The number of para-hydroxylation sites is 2. The van der Waals surface area contributed by atoms with Crippen LogP contribution in [-0.4, -0.2) is 12.1 Å². The molecule has 6 heteroatoms. The number of nitrogens with zero attached hydrogens (tertiary/aromatic N) is 2. The molecule has 0 radical (unpaired) electrons. The third-order valence-electron chi connectivity index (χ3n) is 5.86. The molecule has 0 bridgehead atoms. The molecule has 0 spiro atoms. The molecular weight excluding hydrogens is 480 g/mol. The van der Waals surface area contributed by atoms with Gasteiger partial charge < -0.3 is 13.9 Å². The molecule has 4 aromatic carbocycles. The van der Waals surface area contributed by atoms with Crippen LogP contribution in [0.2, 0.25) is 0 Å². The van der Waals surface area contributed by atoms with Crippen molar-refractivity contribution in [2.75, 3.05) is 7.11 Å². The quantitative estimate of drug-likeness (QED) is 0.230. The average Bonchev–Trinajstić information content (AvgIpc) is 3.42. The van der Waals surface area contributed by atoms with Crippen LogP contribution in [0, 0.1) is 0 Å². The normalized spacial score (nSPS) is 11.5. The van der Waals surface area contributed by atoms with Crippen molar-refractivity contribution in [2.45, 2.75) is 0 Å². The highest BCUT2D eigenvalue weighted by Crippen LogP contribution is 2.30. The van der Waals surface area contributed by atoms with Crippen LogP contribution in [0.5, 0.6) is 17.2 Å². The number of hydrogen-bond acceptors (Lipinski definition) is 6. The monoisotopic (exact) mass is 502 g/mol. The van der Waals surface area contributed by atoms with Gasteiger partial charge in [-0.05, 0) is 72.8 Å². The lowest BCUT2D eigenvalue weighted by Crippen LogP contribution is -2.03. The van der Waals surface area contributed by atoms with E-state index in [-0.39, 0.29) is 0 Å². The second-order valence-electron chi connectivity index (χ2n) is 8.29. The molecule has 0 aliphatic heterocycles. The van der Waals surface area contributed by atoms with E-state index in [9.17, 15) is 0 Å². The smallest absolute Gasteiger partial charge is 0.210 e. The number of rotatable bonds is 6. The van der Waals surface area contributed by atoms with E-state index in [1.165, 1.54) is 11.3 Å². The number of aromatic nitrogens is 1. The van der Waals surface area contributed by atoms with Crippen molar-refractivity contribution in [3.05, 3.63) is 120 Å². The molecule has 2 aromatic heterocycles. The molecule has 180 valence electrons. The lowest BCUT2D eigenvalue weighted by Gasteiger charge is -2.06. The van der Waals surface area contributed by atoms with Crippen LogP contribution in [0.25, 0.3) is 33.6 Å². The van der Waals surface area contributed by atoms with Crippen LogP contribution >= 0.6 is 11.3 Å². The Morgan fingerprint density at radius 3 is 2.19 bits per heavy atom. The second kappa shape index (κ2) is 10.1. The third kappa shape index (κ3) is 5.01. The number of thiazole rings is 1. The van der Waals surface area contributed by atoms with E-state index in [0.29, 0.717) is 5.13 Å². The van der Waals surface area contributed by atoms with Crippen molar-refractivity contribution >= 4 is 27.4 Å². The zero-order chi connectivity index (χ0) is 25.0. The third-order valence-corrected chi connectivity index (χ3v) is 6.60. The van der Waals surface area contributed by atoms with Crippen molar-refractivity contribution in [2.24, 2.45) is 4.99 Å². The number of hydrogen-bond donors (Lipinski definition) is 0. The van der Waals surface area contributed by atoms with E-state index in [1.807, 2.05) is 115 Å². The van der Waals surface area contributed by atoms with Gasteiger partial charge in [0.1, 0.15) is 28.6 Å². The molecule has 0 atom stereocenters. The molecule has 0 N–H and O–H groups in total. The Labute approximate surface area is 217 Å². The van der Waals surface area contributed by atoms with Crippen LogP contribution in [0.15, 0.2) is 124 Å². The van der Waals surface area contributed by atoms with Crippen LogP contribution < -0.4 is 14.8 Å². The van der Waals surface area contributed by atoms with Crippen molar-refractivity contribution in [1.29, 1.82) is 0 Å². The summed E-state index contributed by atoms with van der Waals surface area (Å²) in [6.45, 7) is 0. The minimum Gasteiger partial charge on any atom is -0.497 e. The lowest BCUT2D eigenvalue weighted by atomic mass is 10.1. The molecule has 0 saturated heterocycles. The summed E-state index contributed by atoms with van der Waals surface area (Å²) in [6.07, 6.45) is 0. The minimum atomic E-state index is 0.677. The predicted molar refractivity (Wildman–Crippen MR) is 147 cm³/mol. The number of methoxy groups -OCH3 is 1. The zero-order valence-electron chi connectivity index (χ0n) is 20.0. The summed E-state index contributed by atoms with van der Waals surface area (Å²) < 4.78 is 17.4. The molecule has 2 heterocycles. The first-order valence-corrected chi connectivity index (χ1v) is 12.6. The molecule has 0 fully saturated rings. The summed E-state index contributed by atoms with van der Waals surface area (Å²) in [7, 11) is 1.65. The van der Waals surface area contributed by atoms with E-state index in [1.54, 1.807) is 7.11 Å². The Kier molecular flexibility index (Phi) is 6.23. The van der Waals surface area contributed by atoms with Gasteiger partial charge >= 0.3 is 0 Å². The van der Waals surface area contributed by atoms with Gasteiger partial charge in [0.15, 0.2) is 0 Å². The van der Waals surface area contributed by atoms with E-state index in [2.05, 4.69) is 0 Å². The van der Waals surface area contributed by atoms with Crippen LogP contribution in [-0.2, 0) is 0 Å². The molecule has 0 saturated carbocycles. The summed E-state index contributed by atoms with van der Waals surface area (Å²) in [4.78, 5) is 9.69. The Balaban J connectivity index is 1.32. The van der Waals surface area contributed by atoms with Gasteiger partial charge in [-0.1, -0.05) is 30.3 Å². The molecule has 37 heavy (non-hydrogen) atoms. The Morgan fingerprint density at radius 2 is 1.41 bits per heavy atom. The largest absolute Gasteiger partial charge is 0.497 e. The average molecular weight is 503 g/mol. The topological polar surface area (TPSA) is 56.9 Å². The Bertz CT molecular complexity index is 1720. The number of ether oxygens (including phenoxy) is 2. The van der Waals surface area contributed by atoms with Crippen LogP contribution in [0.4, 0.5) is 5.13 Å². The van der Waals surface area contributed by atoms with E-state index in [0.717, 1.165) is 56.2 Å². The van der Waals surface area contributed by atoms with Crippen molar-refractivity contribution in [3.63, 3.8) is 0 Å². The summed E-state index contributed by atoms with van der Waals surface area (Å²) in [5.74, 6) is 3.11. The second-order valence-corrected chi connectivity index (χ2v) is 9.12. The first-order chi connectivity index (χ1) is 18.2. The minimum absolute atomic E-state index is 0.677. The van der Waals surface area contributed by atoms with Crippen molar-refractivity contribution in [3.8, 4) is 39.8 Å². The van der Waals surface area contributed by atoms with E-state index in [4.69, 9.17) is 23.9 Å². The van der Waals surface area contributed by atoms with Gasteiger partial charge in [-0.25, -0.2) is 9.98 Å². The molecule has 0 amide bonds. The van der Waals surface area contributed by atoms with Gasteiger partial charge in [0.25, 0.3) is 0 Å². The van der Waals surface area contributed by atoms with Crippen LogP contribution in [0.3, 0.4) is 0 Å². The fourth-order valence-electron chi connectivity index (χ4n) is 3.98. The Hall–Kier alpha value is -4.68. The van der Waals surface area contributed by atoms with Gasteiger partial charge in [0.05, 0.1) is 18.2 Å². The van der Waals surface area contributed by atoms with Crippen molar-refractivity contribution in [1.82, 2.24) is 4.98 Å². The van der Waals surface area contributed by atoms with Gasteiger partial charge in [-0.3, -0.25) is 0 Å². The highest BCUT2D eigenvalue weighted by Gasteiger charge is 2.09.